The summed E-state index contributed by atoms with van der Waals surface area (Å²) < 4.78 is 27.5. The Labute approximate surface area is 127 Å². The second-order valence-corrected chi connectivity index (χ2v) is 7.84. The van der Waals surface area contributed by atoms with E-state index in [9.17, 15) is 13.5 Å². The van der Waals surface area contributed by atoms with Gasteiger partial charge in [0.2, 0.25) is 10.0 Å². The number of sulfonamides is 1. The van der Waals surface area contributed by atoms with Crippen molar-refractivity contribution in [3.8, 4) is 0 Å². The topological polar surface area (TPSA) is 66.4 Å². The van der Waals surface area contributed by atoms with Gasteiger partial charge in [-0.2, -0.15) is 0 Å². The van der Waals surface area contributed by atoms with Crippen LogP contribution in [0.2, 0.25) is 0 Å². The average molecular weight is 311 g/mol. The second-order valence-electron chi connectivity index (χ2n) is 6.07. The standard InChI is InChI=1S/C16H25NO3S/c1-3-8-16(9-10-16)12-17-21(19,20)14-7-5-6-13(11-14)15(18)4-2/h5-7,11,15,17-18H,3-4,8-10,12H2,1-2H3. The van der Waals surface area contributed by atoms with Crippen molar-refractivity contribution < 1.29 is 13.5 Å². The van der Waals surface area contributed by atoms with E-state index in [1.807, 2.05) is 6.92 Å². The monoisotopic (exact) mass is 311 g/mol. The molecular formula is C16H25NO3S. The highest BCUT2D eigenvalue weighted by atomic mass is 32.2. The Morgan fingerprint density at radius 2 is 2.05 bits per heavy atom. The minimum atomic E-state index is -3.50. The number of hydrogen-bond donors (Lipinski definition) is 2. The van der Waals surface area contributed by atoms with Gasteiger partial charge in [-0.3, -0.25) is 0 Å². The van der Waals surface area contributed by atoms with Gasteiger partial charge in [-0.25, -0.2) is 13.1 Å². The highest BCUT2D eigenvalue weighted by molar-refractivity contribution is 7.89. The summed E-state index contributed by atoms with van der Waals surface area (Å²) in [5, 5.41) is 9.84. The number of hydrogen-bond acceptors (Lipinski definition) is 3. The molecule has 0 saturated heterocycles. The van der Waals surface area contributed by atoms with Gasteiger partial charge in [-0.1, -0.05) is 32.4 Å². The predicted molar refractivity (Wildman–Crippen MR) is 83.5 cm³/mol. The molecule has 5 heteroatoms. The Hall–Kier alpha value is -0.910. The van der Waals surface area contributed by atoms with E-state index in [0.29, 0.717) is 18.5 Å². The Balaban J connectivity index is 2.09. The van der Waals surface area contributed by atoms with Gasteiger partial charge < -0.3 is 5.11 Å². The highest BCUT2D eigenvalue weighted by Gasteiger charge is 2.42. The first-order valence-electron chi connectivity index (χ1n) is 7.70. The number of aliphatic hydroxyl groups is 1. The molecule has 1 fully saturated rings. The van der Waals surface area contributed by atoms with Gasteiger partial charge in [-0.05, 0) is 48.8 Å². The molecule has 0 heterocycles. The number of nitrogens with one attached hydrogen (secondary N) is 1. The van der Waals surface area contributed by atoms with Crippen LogP contribution in [-0.2, 0) is 10.0 Å². The van der Waals surface area contributed by atoms with Gasteiger partial charge >= 0.3 is 0 Å². The van der Waals surface area contributed by atoms with Crippen molar-refractivity contribution >= 4 is 10.0 Å². The lowest BCUT2D eigenvalue weighted by Crippen LogP contribution is -2.30. The van der Waals surface area contributed by atoms with E-state index < -0.39 is 16.1 Å². The lowest BCUT2D eigenvalue weighted by molar-refractivity contribution is 0.173. The van der Waals surface area contributed by atoms with Crippen LogP contribution >= 0.6 is 0 Å². The third-order valence-electron chi connectivity index (χ3n) is 4.31. The molecule has 1 saturated carbocycles. The summed E-state index contributed by atoms with van der Waals surface area (Å²) in [4.78, 5) is 0.236. The smallest absolute Gasteiger partial charge is 0.240 e. The summed E-state index contributed by atoms with van der Waals surface area (Å²) >= 11 is 0. The molecule has 0 spiro atoms. The van der Waals surface area contributed by atoms with Gasteiger partial charge in [0.1, 0.15) is 0 Å². The fourth-order valence-electron chi connectivity index (χ4n) is 2.68. The molecule has 4 nitrogen and oxygen atoms in total. The van der Waals surface area contributed by atoms with Crippen molar-refractivity contribution in [2.75, 3.05) is 6.54 Å². The van der Waals surface area contributed by atoms with Crippen LogP contribution in [0.1, 0.15) is 57.6 Å². The molecule has 1 aliphatic carbocycles. The van der Waals surface area contributed by atoms with E-state index in [1.165, 1.54) is 0 Å². The molecule has 1 aromatic rings. The van der Waals surface area contributed by atoms with Gasteiger partial charge in [0.15, 0.2) is 0 Å². The molecule has 1 unspecified atom stereocenters. The molecule has 0 aromatic heterocycles. The Bertz CT molecular complexity index is 579. The zero-order valence-corrected chi connectivity index (χ0v) is 13.6. The van der Waals surface area contributed by atoms with Crippen LogP contribution in [0.15, 0.2) is 29.2 Å². The maximum atomic E-state index is 12.4. The van der Waals surface area contributed by atoms with Crippen LogP contribution in [0.25, 0.3) is 0 Å². The molecule has 1 aromatic carbocycles. The lowest BCUT2D eigenvalue weighted by atomic mass is 10.0. The third-order valence-corrected chi connectivity index (χ3v) is 5.71. The molecule has 0 bridgehead atoms. The van der Waals surface area contributed by atoms with Crippen molar-refractivity contribution in [3.63, 3.8) is 0 Å². The Morgan fingerprint density at radius 3 is 2.62 bits per heavy atom. The van der Waals surface area contributed by atoms with Crippen molar-refractivity contribution in [1.29, 1.82) is 0 Å². The first kappa shape index (κ1) is 16.5. The van der Waals surface area contributed by atoms with Crippen LogP contribution in [0, 0.1) is 5.41 Å². The fourth-order valence-corrected chi connectivity index (χ4v) is 3.89. The number of benzene rings is 1. The van der Waals surface area contributed by atoms with Crippen LogP contribution in [0.3, 0.4) is 0 Å². The van der Waals surface area contributed by atoms with E-state index in [4.69, 9.17) is 0 Å². The van der Waals surface area contributed by atoms with Crippen LogP contribution < -0.4 is 4.72 Å². The molecule has 0 aliphatic heterocycles. The molecule has 1 aliphatic rings. The summed E-state index contributed by atoms with van der Waals surface area (Å²) in [5.41, 5.74) is 0.831. The Kier molecular flexibility index (Phi) is 5.07. The third kappa shape index (κ3) is 4.05. The largest absolute Gasteiger partial charge is 0.388 e. The summed E-state index contributed by atoms with van der Waals surface area (Å²) in [6.07, 6.45) is 4.33. The van der Waals surface area contributed by atoms with E-state index >= 15 is 0 Å². The zero-order valence-electron chi connectivity index (χ0n) is 12.8. The van der Waals surface area contributed by atoms with Crippen LogP contribution in [0.5, 0.6) is 0 Å². The Morgan fingerprint density at radius 1 is 1.33 bits per heavy atom. The van der Waals surface area contributed by atoms with E-state index in [2.05, 4.69) is 11.6 Å². The summed E-state index contributed by atoms with van der Waals surface area (Å²) in [6, 6.07) is 6.58. The summed E-state index contributed by atoms with van der Waals surface area (Å²) in [6.45, 7) is 4.51. The van der Waals surface area contributed by atoms with Crippen molar-refractivity contribution in [2.24, 2.45) is 5.41 Å². The van der Waals surface area contributed by atoms with Gasteiger partial charge in [0, 0.05) is 6.54 Å². The van der Waals surface area contributed by atoms with Crippen molar-refractivity contribution in [2.45, 2.75) is 57.0 Å². The minimum Gasteiger partial charge on any atom is -0.388 e. The molecule has 2 rings (SSSR count). The molecule has 2 N–H and O–H groups in total. The molecule has 1 atom stereocenters. The minimum absolute atomic E-state index is 0.183. The van der Waals surface area contributed by atoms with E-state index in [1.54, 1.807) is 24.3 Å². The van der Waals surface area contributed by atoms with Crippen LogP contribution in [-0.4, -0.2) is 20.1 Å². The normalized spacial score (nSPS) is 18.4. The first-order chi connectivity index (χ1) is 9.92. The fraction of sp³-hybridized carbons (Fsp3) is 0.625. The van der Waals surface area contributed by atoms with Crippen molar-refractivity contribution in [1.82, 2.24) is 4.72 Å². The molecule has 0 radical (unpaired) electrons. The van der Waals surface area contributed by atoms with E-state index in [0.717, 1.165) is 25.7 Å². The van der Waals surface area contributed by atoms with Crippen LogP contribution in [0.4, 0.5) is 0 Å². The van der Waals surface area contributed by atoms with Gasteiger partial charge in [-0.15, -0.1) is 0 Å². The molecule has 0 amide bonds. The molecule has 21 heavy (non-hydrogen) atoms. The lowest BCUT2D eigenvalue weighted by Gasteiger charge is -2.16. The quantitative estimate of drug-likeness (QED) is 0.775. The maximum absolute atomic E-state index is 12.4. The second kappa shape index (κ2) is 6.46. The van der Waals surface area contributed by atoms with E-state index in [-0.39, 0.29) is 10.3 Å². The molecular weight excluding hydrogens is 286 g/mol. The summed E-state index contributed by atoms with van der Waals surface area (Å²) in [5.74, 6) is 0. The highest BCUT2D eigenvalue weighted by Crippen LogP contribution is 2.49. The van der Waals surface area contributed by atoms with Gasteiger partial charge in [0.25, 0.3) is 0 Å². The zero-order chi connectivity index (χ0) is 15.5. The number of rotatable bonds is 8. The predicted octanol–water partition coefficient (Wildman–Crippen LogP) is 2.99. The van der Waals surface area contributed by atoms with Gasteiger partial charge in [0.05, 0.1) is 11.0 Å². The summed E-state index contributed by atoms with van der Waals surface area (Å²) in [7, 11) is -3.50. The maximum Gasteiger partial charge on any atom is 0.240 e. The van der Waals surface area contributed by atoms with Crippen molar-refractivity contribution in [3.05, 3.63) is 29.8 Å². The SMILES string of the molecule is CCCC1(CNS(=O)(=O)c2cccc(C(O)CC)c2)CC1. The number of aliphatic hydroxyl groups excluding tert-OH is 1. The average Bonchev–Trinajstić information content (AvgIpc) is 3.25. The molecule has 118 valence electrons. The first-order valence-corrected chi connectivity index (χ1v) is 9.18.